The van der Waals surface area contributed by atoms with Crippen molar-refractivity contribution < 1.29 is 4.79 Å². The Morgan fingerprint density at radius 1 is 1.50 bits per heavy atom. The summed E-state index contributed by atoms with van der Waals surface area (Å²) in [6, 6.07) is 8.10. The Labute approximate surface area is 117 Å². The molecule has 1 fully saturated rings. The van der Waals surface area contributed by atoms with E-state index >= 15 is 0 Å². The average Bonchev–Trinajstić information content (AvgIpc) is 2.39. The van der Waals surface area contributed by atoms with E-state index in [0.29, 0.717) is 6.54 Å². The summed E-state index contributed by atoms with van der Waals surface area (Å²) in [5.74, 6) is 0.203. The van der Waals surface area contributed by atoms with Crippen LogP contribution in [0, 0.1) is 0 Å². The molecule has 0 unspecified atom stereocenters. The molecule has 1 amide bonds. The maximum absolute atomic E-state index is 12.2. The maximum Gasteiger partial charge on any atom is 0.239 e. The number of carbonyl (C=O) groups is 1. The van der Waals surface area contributed by atoms with Crippen molar-refractivity contribution in [3.63, 3.8) is 0 Å². The summed E-state index contributed by atoms with van der Waals surface area (Å²) in [4.78, 5) is 14.0. The van der Waals surface area contributed by atoms with Gasteiger partial charge in [0.25, 0.3) is 0 Å². The predicted octanol–water partition coefficient (Wildman–Crippen LogP) is 2.55. The van der Waals surface area contributed by atoms with Crippen molar-refractivity contribution >= 4 is 21.8 Å². The number of nitrogens with zero attached hydrogens (tertiary/aromatic N) is 1. The number of hydrogen-bond donors (Lipinski definition) is 1. The van der Waals surface area contributed by atoms with Crippen LogP contribution in [0.3, 0.4) is 0 Å². The molecule has 1 aliphatic rings. The highest BCUT2D eigenvalue weighted by Gasteiger charge is 2.23. The maximum atomic E-state index is 12.2. The van der Waals surface area contributed by atoms with E-state index in [2.05, 4.69) is 27.3 Å². The summed E-state index contributed by atoms with van der Waals surface area (Å²) in [5, 5.41) is 3.30. The van der Waals surface area contributed by atoms with Gasteiger partial charge < -0.3 is 10.2 Å². The minimum atomic E-state index is 0.0101. The third-order valence-corrected chi connectivity index (χ3v) is 3.79. The van der Waals surface area contributed by atoms with E-state index in [0.717, 1.165) is 29.4 Å². The van der Waals surface area contributed by atoms with Gasteiger partial charge in [-0.25, -0.2) is 0 Å². The van der Waals surface area contributed by atoms with Gasteiger partial charge in [-0.2, -0.15) is 0 Å². The summed E-state index contributed by atoms with van der Waals surface area (Å²) in [6.45, 7) is 1.62. The van der Waals surface area contributed by atoms with Crippen LogP contribution >= 0.6 is 15.9 Å². The summed E-state index contributed by atoms with van der Waals surface area (Å²) in [5.41, 5.74) is 1.15. The lowest BCUT2D eigenvalue weighted by Gasteiger charge is -2.27. The van der Waals surface area contributed by atoms with Crippen LogP contribution in [0.25, 0.3) is 0 Å². The minimum absolute atomic E-state index is 0.0101. The fourth-order valence-corrected chi connectivity index (χ4v) is 2.76. The molecule has 4 heteroatoms. The average molecular weight is 311 g/mol. The van der Waals surface area contributed by atoms with E-state index < -0.39 is 0 Å². The fraction of sp³-hybridized carbons (Fsp3) is 0.500. The summed E-state index contributed by atoms with van der Waals surface area (Å²) in [6.07, 6.45) is 3.29. The van der Waals surface area contributed by atoms with Crippen LogP contribution in [0.1, 0.15) is 24.8 Å². The van der Waals surface area contributed by atoms with Gasteiger partial charge in [0.15, 0.2) is 0 Å². The third-order valence-electron chi connectivity index (χ3n) is 3.29. The van der Waals surface area contributed by atoms with Crippen molar-refractivity contribution in [2.45, 2.75) is 31.8 Å². The van der Waals surface area contributed by atoms with Crippen LogP contribution in [-0.4, -0.2) is 30.4 Å². The van der Waals surface area contributed by atoms with Crippen molar-refractivity contribution in [1.82, 2.24) is 10.2 Å². The lowest BCUT2D eigenvalue weighted by atomic mass is 10.0. The van der Waals surface area contributed by atoms with Crippen LogP contribution in [-0.2, 0) is 11.3 Å². The number of carbonyl (C=O) groups excluding carboxylic acids is 1. The first-order chi connectivity index (χ1) is 8.66. The lowest BCUT2D eigenvalue weighted by Crippen LogP contribution is -2.46. The van der Waals surface area contributed by atoms with Gasteiger partial charge in [0.2, 0.25) is 5.91 Å². The first-order valence-corrected chi connectivity index (χ1v) is 7.19. The van der Waals surface area contributed by atoms with E-state index in [4.69, 9.17) is 0 Å². The van der Waals surface area contributed by atoms with Gasteiger partial charge >= 0.3 is 0 Å². The molecule has 18 heavy (non-hydrogen) atoms. The lowest BCUT2D eigenvalue weighted by molar-refractivity contribution is -0.133. The zero-order valence-corrected chi connectivity index (χ0v) is 12.2. The minimum Gasteiger partial charge on any atom is -0.340 e. The topological polar surface area (TPSA) is 32.3 Å². The van der Waals surface area contributed by atoms with Gasteiger partial charge in [-0.15, -0.1) is 0 Å². The van der Waals surface area contributed by atoms with Crippen molar-refractivity contribution in [1.29, 1.82) is 0 Å². The fourth-order valence-electron chi connectivity index (χ4n) is 2.32. The highest BCUT2D eigenvalue weighted by molar-refractivity contribution is 9.10. The molecular weight excluding hydrogens is 292 g/mol. The Hall–Kier alpha value is -0.870. The van der Waals surface area contributed by atoms with Gasteiger partial charge in [-0.1, -0.05) is 34.5 Å². The molecule has 1 aromatic rings. The van der Waals surface area contributed by atoms with Crippen LogP contribution < -0.4 is 5.32 Å². The Bertz CT molecular complexity index is 416. The Morgan fingerprint density at radius 3 is 3.00 bits per heavy atom. The summed E-state index contributed by atoms with van der Waals surface area (Å²) in [7, 11) is 1.87. The third kappa shape index (κ3) is 3.56. The van der Waals surface area contributed by atoms with Gasteiger partial charge in [-0.05, 0) is 37.1 Å². The Morgan fingerprint density at radius 2 is 2.33 bits per heavy atom. The van der Waals surface area contributed by atoms with Crippen molar-refractivity contribution in [3.8, 4) is 0 Å². The predicted molar refractivity (Wildman–Crippen MR) is 76.3 cm³/mol. The van der Waals surface area contributed by atoms with Gasteiger partial charge in [-0.3, -0.25) is 4.79 Å². The van der Waals surface area contributed by atoms with Crippen molar-refractivity contribution in [3.05, 3.63) is 34.3 Å². The number of amides is 1. The zero-order valence-electron chi connectivity index (χ0n) is 10.7. The molecule has 3 nitrogen and oxygen atoms in total. The molecule has 0 radical (unpaired) electrons. The standard InChI is InChI=1S/C14H19BrN2O/c1-17(10-11-5-4-6-12(15)9-11)14(18)13-7-2-3-8-16-13/h4-6,9,13,16H,2-3,7-8,10H2,1H3/t13-/m0/s1. The molecule has 0 spiro atoms. The first kappa shape index (κ1) is 13.6. The molecule has 1 heterocycles. The van der Waals surface area contributed by atoms with E-state index in [9.17, 15) is 4.79 Å². The van der Waals surface area contributed by atoms with Crippen molar-refractivity contribution in [2.75, 3.05) is 13.6 Å². The summed E-state index contributed by atoms with van der Waals surface area (Å²) >= 11 is 3.45. The number of halogens is 1. The molecule has 1 aromatic carbocycles. The number of benzene rings is 1. The molecule has 0 aromatic heterocycles. The number of hydrogen-bond acceptors (Lipinski definition) is 2. The number of likely N-dealkylation sites (N-methyl/N-ethyl adjacent to an activating group) is 1. The smallest absolute Gasteiger partial charge is 0.239 e. The van der Waals surface area contributed by atoms with E-state index in [1.807, 2.05) is 30.1 Å². The van der Waals surface area contributed by atoms with E-state index in [1.165, 1.54) is 6.42 Å². The SMILES string of the molecule is CN(Cc1cccc(Br)c1)C(=O)[C@@H]1CCCCN1. The second-order valence-electron chi connectivity index (χ2n) is 4.83. The highest BCUT2D eigenvalue weighted by Crippen LogP contribution is 2.15. The Kier molecular flexibility index (Phi) is 4.78. The van der Waals surface area contributed by atoms with Gasteiger partial charge in [0.1, 0.15) is 0 Å². The molecule has 1 N–H and O–H groups in total. The molecule has 98 valence electrons. The van der Waals surface area contributed by atoms with E-state index in [-0.39, 0.29) is 11.9 Å². The van der Waals surface area contributed by atoms with Crippen LogP contribution in [0.15, 0.2) is 28.7 Å². The first-order valence-electron chi connectivity index (χ1n) is 6.39. The second-order valence-corrected chi connectivity index (χ2v) is 5.74. The molecular formula is C14H19BrN2O. The molecule has 0 bridgehead atoms. The Balaban J connectivity index is 1.94. The normalized spacial score (nSPS) is 19.6. The number of piperidine rings is 1. The van der Waals surface area contributed by atoms with Gasteiger partial charge in [0.05, 0.1) is 6.04 Å². The monoisotopic (exact) mass is 310 g/mol. The number of rotatable bonds is 3. The highest BCUT2D eigenvalue weighted by atomic mass is 79.9. The molecule has 1 saturated heterocycles. The quantitative estimate of drug-likeness (QED) is 0.930. The summed E-state index contributed by atoms with van der Waals surface area (Å²) < 4.78 is 1.05. The van der Waals surface area contributed by atoms with Crippen LogP contribution in [0.2, 0.25) is 0 Å². The van der Waals surface area contributed by atoms with Crippen LogP contribution in [0.5, 0.6) is 0 Å². The van der Waals surface area contributed by atoms with Crippen LogP contribution in [0.4, 0.5) is 0 Å². The second kappa shape index (κ2) is 6.34. The molecule has 1 aliphatic heterocycles. The van der Waals surface area contributed by atoms with Crippen molar-refractivity contribution in [2.24, 2.45) is 0 Å². The van der Waals surface area contributed by atoms with E-state index in [1.54, 1.807) is 0 Å². The zero-order chi connectivity index (χ0) is 13.0. The molecule has 0 aliphatic carbocycles. The largest absolute Gasteiger partial charge is 0.340 e. The molecule has 0 saturated carbocycles. The number of nitrogens with one attached hydrogen (secondary N) is 1. The molecule has 1 atom stereocenters. The molecule has 2 rings (SSSR count). The van der Waals surface area contributed by atoms with Gasteiger partial charge in [0, 0.05) is 18.1 Å².